The highest BCUT2D eigenvalue weighted by molar-refractivity contribution is 5.96. The van der Waals surface area contributed by atoms with Crippen molar-refractivity contribution in [3.63, 3.8) is 0 Å². The zero-order valence-corrected chi connectivity index (χ0v) is 20.7. The fraction of sp³-hybridized carbons (Fsp3) is 0.542. The van der Waals surface area contributed by atoms with Crippen LogP contribution in [0.2, 0.25) is 0 Å². The first-order valence-electron chi connectivity index (χ1n) is 11.8. The normalized spacial score (nSPS) is 20.9. The Morgan fingerprint density at radius 1 is 1.17 bits per heavy atom. The minimum Gasteiger partial charge on any atom is -0.497 e. The number of nitrogens with one attached hydrogen (secondary N) is 4. The summed E-state index contributed by atoms with van der Waals surface area (Å²) in [5.41, 5.74) is -0.101. The molecule has 4 amide bonds. The third kappa shape index (κ3) is 7.75. The van der Waals surface area contributed by atoms with Crippen LogP contribution >= 0.6 is 0 Å². The molecule has 12 heteroatoms. The summed E-state index contributed by atoms with van der Waals surface area (Å²) in [6.07, 6.45) is 0.160. The number of methoxy groups -OCH3 is 1. The first-order valence-corrected chi connectivity index (χ1v) is 11.8. The molecule has 3 atom stereocenters. The molecule has 0 spiro atoms. The summed E-state index contributed by atoms with van der Waals surface area (Å²) in [5, 5.41) is 10.5. The van der Waals surface area contributed by atoms with Crippen LogP contribution in [-0.4, -0.2) is 98.4 Å². The highest BCUT2D eigenvalue weighted by Gasteiger charge is 2.46. The molecule has 196 valence electrons. The van der Waals surface area contributed by atoms with Crippen LogP contribution in [0.5, 0.6) is 5.75 Å². The number of Topliss-reactive ketones (excluding diaryl/α,β-unsaturated/α-hetero) is 1. The van der Waals surface area contributed by atoms with Crippen molar-refractivity contribution in [2.75, 3.05) is 46.4 Å². The number of rotatable bonds is 12. The van der Waals surface area contributed by atoms with E-state index >= 15 is 0 Å². The number of hydrogen-bond acceptors (Lipinski definition) is 8. The number of carbonyl (C=O) groups excluding carboxylic acids is 5. The van der Waals surface area contributed by atoms with Gasteiger partial charge in [-0.3, -0.25) is 28.9 Å². The molecule has 4 N–H and O–H groups in total. The van der Waals surface area contributed by atoms with Gasteiger partial charge in [-0.1, -0.05) is 12.1 Å². The van der Waals surface area contributed by atoms with E-state index in [-0.39, 0.29) is 37.7 Å². The van der Waals surface area contributed by atoms with Gasteiger partial charge in [-0.2, -0.15) is 0 Å². The molecule has 2 aliphatic rings. The van der Waals surface area contributed by atoms with E-state index in [1.165, 1.54) is 6.92 Å². The van der Waals surface area contributed by atoms with E-state index in [0.29, 0.717) is 25.4 Å². The highest BCUT2D eigenvalue weighted by Crippen LogP contribution is 2.26. The standard InChI is InChI=1S/C24H33N5O7/c1-15(27-21(32)13-29-9-8-25-20(31)12-29)22(33)28-18(10-16-4-6-17(35-3)7-5-16)23(34)26-11-19(30)24(2)14-36-24/h4-7,15,18H,8-14H2,1-3H3,(H,25,31)(H,26,34)(H,27,32)(H,28,33). The molecule has 0 aliphatic carbocycles. The van der Waals surface area contributed by atoms with Gasteiger partial charge in [0.1, 0.15) is 23.4 Å². The molecule has 36 heavy (non-hydrogen) atoms. The average molecular weight is 504 g/mol. The molecule has 0 radical (unpaired) electrons. The van der Waals surface area contributed by atoms with Gasteiger partial charge in [0.25, 0.3) is 0 Å². The molecule has 1 aromatic rings. The molecule has 12 nitrogen and oxygen atoms in total. The summed E-state index contributed by atoms with van der Waals surface area (Å²) in [6, 6.07) is 5.11. The Bertz CT molecular complexity index is 993. The maximum Gasteiger partial charge on any atom is 0.243 e. The Morgan fingerprint density at radius 2 is 1.86 bits per heavy atom. The van der Waals surface area contributed by atoms with Crippen molar-refractivity contribution in [3.8, 4) is 5.75 Å². The van der Waals surface area contributed by atoms with Gasteiger partial charge in [0.05, 0.1) is 33.4 Å². The molecule has 0 saturated carbocycles. The van der Waals surface area contributed by atoms with E-state index in [4.69, 9.17) is 9.47 Å². The summed E-state index contributed by atoms with van der Waals surface area (Å²) in [4.78, 5) is 63.5. The molecule has 0 aromatic heterocycles. The third-order valence-corrected chi connectivity index (χ3v) is 6.08. The quantitative estimate of drug-likeness (QED) is 0.242. The van der Waals surface area contributed by atoms with Gasteiger partial charge in [-0.05, 0) is 31.5 Å². The van der Waals surface area contributed by atoms with Crippen LogP contribution in [0.25, 0.3) is 0 Å². The topological polar surface area (TPSA) is 158 Å². The van der Waals surface area contributed by atoms with Crippen LogP contribution < -0.4 is 26.0 Å². The molecule has 3 unspecified atom stereocenters. The minimum absolute atomic E-state index is 0.0241. The molecule has 0 bridgehead atoms. The van der Waals surface area contributed by atoms with Crippen molar-refractivity contribution in [1.82, 2.24) is 26.2 Å². The van der Waals surface area contributed by atoms with Crippen LogP contribution in [0.15, 0.2) is 24.3 Å². The Hall–Kier alpha value is -3.51. The van der Waals surface area contributed by atoms with Gasteiger partial charge in [0.15, 0.2) is 5.78 Å². The van der Waals surface area contributed by atoms with Crippen LogP contribution in [0.1, 0.15) is 19.4 Å². The van der Waals surface area contributed by atoms with Crippen molar-refractivity contribution >= 4 is 29.4 Å². The fourth-order valence-corrected chi connectivity index (χ4v) is 3.63. The molecule has 2 saturated heterocycles. The van der Waals surface area contributed by atoms with Gasteiger partial charge < -0.3 is 30.7 Å². The molecule has 2 heterocycles. The van der Waals surface area contributed by atoms with Crippen molar-refractivity contribution in [1.29, 1.82) is 0 Å². The summed E-state index contributed by atoms with van der Waals surface area (Å²) < 4.78 is 10.3. The van der Waals surface area contributed by atoms with Crippen molar-refractivity contribution in [2.45, 2.75) is 38.0 Å². The van der Waals surface area contributed by atoms with E-state index in [0.717, 1.165) is 5.56 Å². The molecular formula is C24H33N5O7. The van der Waals surface area contributed by atoms with E-state index in [9.17, 15) is 24.0 Å². The Kier molecular flexibility index (Phi) is 8.99. The number of piperazine rings is 1. The lowest BCUT2D eigenvalue weighted by Crippen LogP contribution is -2.56. The molecular weight excluding hydrogens is 470 g/mol. The third-order valence-electron chi connectivity index (χ3n) is 6.08. The second-order valence-corrected chi connectivity index (χ2v) is 9.12. The monoisotopic (exact) mass is 503 g/mol. The Labute approximate surface area is 209 Å². The SMILES string of the molecule is COc1ccc(CC(NC(=O)C(C)NC(=O)CN2CCNC(=O)C2)C(=O)NCC(=O)C2(C)CO2)cc1. The van der Waals surface area contributed by atoms with E-state index in [1.54, 1.807) is 43.2 Å². The lowest BCUT2D eigenvalue weighted by atomic mass is 10.0. The number of carbonyl (C=O) groups is 5. The first-order chi connectivity index (χ1) is 17.1. The second-order valence-electron chi connectivity index (χ2n) is 9.12. The van der Waals surface area contributed by atoms with Crippen LogP contribution in [0.3, 0.4) is 0 Å². The lowest BCUT2D eigenvalue weighted by Gasteiger charge is -2.26. The van der Waals surface area contributed by atoms with Gasteiger partial charge in [0.2, 0.25) is 23.6 Å². The maximum absolute atomic E-state index is 12.9. The number of hydrogen-bond donors (Lipinski definition) is 4. The van der Waals surface area contributed by atoms with Crippen LogP contribution in [0.4, 0.5) is 0 Å². The molecule has 2 fully saturated rings. The van der Waals surface area contributed by atoms with Crippen molar-refractivity contribution in [2.24, 2.45) is 0 Å². The van der Waals surface area contributed by atoms with Gasteiger partial charge in [0, 0.05) is 19.5 Å². The van der Waals surface area contributed by atoms with Gasteiger partial charge >= 0.3 is 0 Å². The van der Waals surface area contributed by atoms with Crippen molar-refractivity contribution in [3.05, 3.63) is 29.8 Å². The Balaban J connectivity index is 1.58. The Morgan fingerprint density at radius 3 is 2.47 bits per heavy atom. The first kappa shape index (κ1) is 27.1. The highest BCUT2D eigenvalue weighted by atomic mass is 16.6. The van der Waals surface area contributed by atoms with E-state index in [1.807, 2.05) is 0 Å². The molecule has 1 aromatic carbocycles. The second kappa shape index (κ2) is 12.0. The fourth-order valence-electron chi connectivity index (χ4n) is 3.63. The minimum atomic E-state index is -0.989. The average Bonchev–Trinajstić information content (AvgIpc) is 3.60. The number of benzene rings is 1. The van der Waals surface area contributed by atoms with Crippen LogP contribution in [0, 0.1) is 0 Å². The molecule has 3 rings (SSSR count). The van der Waals surface area contributed by atoms with Gasteiger partial charge in [-0.25, -0.2) is 0 Å². The summed E-state index contributed by atoms with van der Waals surface area (Å²) in [7, 11) is 1.54. The lowest BCUT2D eigenvalue weighted by molar-refractivity contribution is -0.133. The zero-order valence-electron chi connectivity index (χ0n) is 20.7. The van der Waals surface area contributed by atoms with Crippen molar-refractivity contribution < 1.29 is 33.4 Å². The number of ketones is 1. The molecule has 2 aliphatic heterocycles. The largest absolute Gasteiger partial charge is 0.497 e. The van der Waals surface area contributed by atoms with E-state index in [2.05, 4.69) is 21.3 Å². The van der Waals surface area contributed by atoms with Crippen LogP contribution in [-0.2, 0) is 35.1 Å². The predicted octanol–water partition coefficient (Wildman–Crippen LogP) is -1.87. The zero-order chi connectivity index (χ0) is 26.3. The summed E-state index contributed by atoms with van der Waals surface area (Å²) in [6.45, 7) is 4.33. The number of epoxide rings is 1. The van der Waals surface area contributed by atoms with Gasteiger partial charge in [-0.15, -0.1) is 0 Å². The maximum atomic E-state index is 12.9. The predicted molar refractivity (Wildman–Crippen MR) is 128 cm³/mol. The number of nitrogens with zero attached hydrogens (tertiary/aromatic N) is 1. The summed E-state index contributed by atoms with van der Waals surface area (Å²) in [5.74, 6) is -1.27. The number of amides is 4. The smallest absolute Gasteiger partial charge is 0.243 e. The number of ether oxygens (including phenoxy) is 2. The van der Waals surface area contributed by atoms with E-state index < -0.39 is 35.4 Å². The summed E-state index contributed by atoms with van der Waals surface area (Å²) >= 11 is 0.